The fraction of sp³-hybridized carbons (Fsp3) is 0.118. The second kappa shape index (κ2) is 6.36. The molecule has 0 unspecified atom stereocenters. The van der Waals surface area contributed by atoms with Gasteiger partial charge in [-0.2, -0.15) is 0 Å². The molecule has 2 heterocycles. The lowest BCUT2D eigenvalue weighted by atomic mass is 10.1. The Bertz CT molecular complexity index is 1180. The molecular formula is C17H13FN4O4. The molecule has 3 rings (SSSR count). The van der Waals surface area contributed by atoms with Crippen molar-refractivity contribution in [2.75, 3.05) is 5.32 Å². The summed E-state index contributed by atoms with van der Waals surface area (Å²) < 4.78 is 13.6. The SMILES string of the molecule is CC(=O)c1cc(NC(=O)c2cc(C)c3c(=O)[nH]c(=O)[nH]c3n2)ccc1F. The maximum absolute atomic E-state index is 13.6. The van der Waals surface area contributed by atoms with Gasteiger partial charge in [0.05, 0.1) is 10.9 Å². The number of aryl methyl sites for hydroxylation is 1. The Hall–Kier alpha value is -3.62. The average Bonchev–Trinajstić information content (AvgIpc) is 2.55. The lowest BCUT2D eigenvalue weighted by molar-refractivity contribution is 0.100. The monoisotopic (exact) mass is 356 g/mol. The lowest BCUT2D eigenvalue weighted by Gasteiger charge is -2.08. The number of carbonyl (C=O) groups excluding carboxylic acids is 2. The quantitative estimate of drug-likeness (QED) is 0.614. The number of benzene rings is 1. The third-order valence-electron chi connectivity index (χ3n) is 3.74. The van der Waals surface area contributed by atoms with E-state index in [0.29, 0.717) is 5.56 Å². The number of halogens is 1. The van der Waals surface area contributed by atoms with Crippen molar-refractivity contribution < 1.29 is 14.0 Å². The molecule has 0 atom stereocenters. The van der Waals surface area contributed by atoms with Crippen LogP contribution in [0.1, 0.15) is 33.3 Å². The van der Waals surface area contributed by atoms with Crippen LogP contribution in [0.5, 0.6) is 0 Å². The fourth-order valence-electron chi connectivity index (χ4n) is 2.54. The number of hydrogen-bond acceptors (Lipinski definition) is 5. The Morgan fingerprint density at radius 3 is 2.58 bits per heavy atom. The van der Waals surface area contributed by atoms with Crippen molar-refractivity contribution >= 4 is 28.4 Å². The predicted molar refractivity (Wildman–Crippen MR) is 92.1 cm³/mol. The molecule has 2 aromatic heterocycles. The topological polar surface area (TPSA) is 125 Å². The van der Waals surface area contributed by atoms with Crippen molar-refractivity contribution in [2.24, 2.45) is 0 Å². The number of fused-ring (bicyclic) bond motifs is 1. The zero-order valence-electron chi connectivity index (χ0n) is 13.8. The van der Waals surface area contributed by atoms with Crippen LogP contribution in [0.15, 0.2) is 33.9 Å². The number of carbonyl (C=O) groups is 2. The van der Waals surface area contributed by atoms with Crippen LogP contribution in [0, 0.1) is 12.7 Å². The number of nitrogens with one attached hydrogen (secondary N) is 3. The van der Waals surface area contributed by atoms with Crippen molar-refractivity contribution in [1.29, 1.82) is 0 Å². The van der Waals surface area contributed by atoms with Gasteiger partial charge in [-0.3, -0.25) is 24.4 Å². The van der Waals surface area contributed by atoms with E-state index in [1.807, 2.05) is 0 Å². The van der Waals surface area contributed by atoms with Crippen LogP contribution in [0.3, 0.4) is 0 Å². The maximum atomic E-state index is 13.6. The van der Waals surface area contributed by atoms with Crippen LogP contribution in [-0.4, -0.2) is 26.6 Å². The van der Waals surface area contributed by atoms with Gasteiger partial charge in [0.15, 0.2) is 5.78 Å². The molecule has 9 heteroatoms. The smallest absolute Gasteiger partial charge is 0.321 e. The van der Waals surface area contributed by atoms with Crippen molar-refractivity contribution in [1.82, 2.24) is 15.0 Å². The van der Waals surface area contributed by atoms with Crippen LogP contribution in [0.2, 0.25) is 0 Å². The van der Waals surface area contributed by atoms with E-state index in [1.165, 1.54) is 25.1 Å². The first-order valence-electron chi connectivity index (χ1n) is 7.52. The van der Waals surface area contributed by atoms with Gasteiger partial charge in [0.25, 0.3) is 11.5 Å². The van der Waals surface area contributed by atoms with Crippen molar-refractivity contribution in [2.45, 2.75) is 13.8 Å². The molecule has 0 aliphatic heterocycles. The number of ketones is 1. The number of aromatic amines is 2. The third kappa shape index (κ3) is 3.14. The molecule has 0 spiro atoms. The molecule has 26 heavy (non-hydrogen) atoms. The van der Waals surface area contributed by atoms with Crippen LogP contribution >= 0.6 is 0 Å². The summed E-state index contributed by atoms with van der Waals surface area (Å²) in [5, 5.41) is 2.67. The van der Waals surface area contributed by atoms with Crippen LogP contribution < -0.4 is 16.6 Å². The number of Topliss-reactive ketones (excluding diaryl/α,β-unsaturated/α-hetero) is 1. The number of H-pyrrole nitrogens is 2. The number of nitrogens with zero attached hydrogens (tertiary/aromatic N) is 1. The van der Waals surface area contributed by atoms with E-state index in [-0.39, 0.29) is 28.0 Å². The van der Waals surface area contributed by atoms with Crippen LogP contribution in [0.25, 0.3) is 11.0 Å². The zero-order valence-corrected chi connectivity index (χ0v) is 13.8. The molecule has 0 saturated heterocycles. The molecule has 8 nitrogen and oxygen atoms in total. The number of amides is 1. The molecule has 0 saturated carbocycles. The summed E-state index contributed by atoms with van der Waals surface area (Å²) in [5.41, 5.74) is -0.914. The highest BCUT2D eigenvalue weighted by molar-refractivity contribution is 6.05. The summed E-state index contributed by atoms with van der Waals surface area (Å²) in [4.78, 5) is 55.5. The Balaban J connectivity index is 2.01. The van der Waals surface area contributed by atoms with Crippen molar-refractivity contribution in [3.05, 3.63) is 67.7 Å². The standard InChI is InChI=1S/C17H13FN4O4/c1-7-5-12(20-14-13(7)16(25)22-17(26)21-14)15(24)19-9-3-4-11(18)10(6-9)8(2)23/h3-6H,1-2H3,(H,19,24)(H2,20,21,22,25,26). The van der Waals surface area contributed by atoms with Gasteiger partial charge in [-0.15, -0.1) is 0 Å². The number of pyridine rings is 1. The van der Waals surface area contributed by atoms with Crippen molar-refractivity contribution in [3.63, 3.8) is 0 Å². The molecule has 0 aliphatic carbocycles. The molecule has 0 aliphatic rings. The van der Waals surface area contributed by atoms with Gasteiger partial charge >= 0.3 is 5.69 Å². The summed E-state index contributed by atoms with van der Waals surface area (Å²) in [7, 11) is 0. The number of aromatic nitrogens is 3. The van der Waals surface area contributed by atoms with Crippen LogP contribution in [0.4, 0.5) is 10.1 Å². The zero-order chi connectivity index (χ0) is 19.0. The van der Waals surface area contributed by atoms with E-state index in [4.69, 9.17) is 0 Å². The number of rotatable bonds is 3. The maximum Gasteiger partial charge on any atom is 0.327 e. The largest absolute Gasteiger partial charge is 0.327 e. The Labute approximate surface area is 145 Å². The summed E-state index contributed by atoms with van der Waals surface area (Å²) in [6.45, 7) is 2.81. The second-order valence-corrected chi connectivity index (χ2v) is 5.66. The molecule has 3 aromatic rings. The predicted octanol–water partition coefficient (Wildman–Crippen LogP) is 1.51. The van der Waals surface area contributed by atoms with E-state index in [9.17, 15) is 23.6 Å². The average molecular weight is 356 g/mol. The van der Waals surface area contributed by atoms with E-state index in [0.717, 1.165) is 6.07 Å². The third-order valence-corrected chi connectivity index (χ3v) is 3.74. The van der Waals surface area contributed by atoms with Gasteiger partial charge in [-0.25, -0.2) is 14.2 Å². The molecule has 132 valence electrons. The highest BCUT2D eigenvalue weighted by atomic mass is 19.1. The summed E-state index contributed by atoms with van der Waals surface area (Å²) >= 11 is 0. The number of anilines is 1. The molecule has 1 amide bonds. The van der Waals surface area contributed by atoms with Gasteiger partial charge in [0.1, 0.15) is 17.2 Å². The second-order valence-electron chi connectivity index (χ2n) is 5.66. The number of hydrogen-bond donors (Lipinski definition) is 3. The lowest BCUT2D eigenvalue weighted by Crippen LogP contribution is -2.24. The minimum Gasteiger partial charge on any atom is -0.321 e. The van der Waals surface area contributed by atoms with Crippen molar-refractivity contribution in [3.8, 4) is 0 Å². The van der Waals surface area contributed by atoms with Gasteiger partial charge in [-0.05, 0) is 43.7 Å². The molecule has 0 fully saturated rings. The highest BCUT2D eigenvalue weighted by Crippen LogP contribution is 2.17. The minimum atomic E-state index is -0.739. The molecular weight excluding hydrogens is 343 g/mol. The van der Waals surface area contributed by atoms with Gasteiger partial charge in [-0.1, -0.05) is 0 Å². The molecule has 0 bridgehead atoms. The van der Waals surface area contributed by atoms with E-state index in [1.54, 1.807) is 6.92 Å². The highest BCUT2D eigenvalue weighted by Gasteiger charge is 2.15. The summed E-state index contributed by atoms with van der Waals surface area (Å²) in [6, 6.07) is 4.99. The van der Waals surface area contributed by atoms with E-state index >= 15 is 0 Å². The Morgan fingerprint density at radius 1 is 1.15 bits per heavy atom. The molecule has 3 N–H and O–H groups in total. The van der Waals surface area contributed by atoms with Crippen LogP contribution in [-0.2, 0) is 0 Å². The minimum absolute atomic E-state index is 0.0209. The van der Waals surface area contributed by atoms with Gasteiger partial charge < -0.3 is 5.32 Å². The van der Waals surface area contributed by atoms with E-state index < -0.39 is 28.8 Å². The molecule has 0 radical (unpaired) electrons. The first-order valence-corrected chi connectivity index (χ1v) is 7.52. The Morgan fingerprint density at radius 2 is 1.88 bits per heavy atom. The summed E-state index contributed by atoms with van der Waals surface area (Å²) in [6.07, 6.45) is 0. The first-order chi connectivity index (χ1) is 12.3. The normalized spacial score (nSPS) is 10.7. The first kappa shape index (κ1) is 17.2. The summed E-state index contributed by atoms with van der Waals surface area (Å²) in [5.74, 6) is -1.81. The molecule has 1 aromatic carbocycles. The Kier molecular flexibility index (Phi) is 4.21. The van der Waals surface area contributed by atoms with Gasteiger partial charge in [0.2, 0.25) is 0 Å². The fourth-order valence-corrected chi connectivity index (χ4v) is 2.54. The van der Waals surface area contributed by atoms with E-state index in [2.05, 4.69) is 20.3 Å². The van der Waals surface area contributed by atoms with Gasteiger partial charge in [0, 0.05) is 5.69 Å².